The summed E-state index contributed by atoms with van der Waals surface area (Å²) in [5, 5.41) is 10.7. The van der Waals surface area contributed by atoms with Gasteiger partial charge in [0.25, 0.3) is 0 Å². The fourth-order valence-corrected chi connectivity index (χ4v) is 1.76. The average Bonchev–Trinajstić information content (AvgIpc) is 2.27. The highest BCUT2D eigenvalue weighted by Gasteiger charge is 2.21. The molecule has 0 fully saturated rings. The zero-order valence-electron chi connectivity index (χ0n) is 9.24. The van der Waals surface area contributed by atoms with Crippen molar-refractivity contribution in [2.75, 3.05) is 6.61 Å². The molecule has 5 heteroatoms. The Labute approximate surface area is 110 Å². The predicted molar refractivity (Wildman–Crippen MR) is 67.2 cm³/mol. The van der Waals surface area contributed by atoms with Crippen molar-refractivity contribution in [3.63, 3.8) is 0 Å². The zero-order chi connectivity index (χ0) is 13.0. The van der Waals surface area contributed by atoms with E-state index in [1.807, 2.05) is 0 Å². The fraction of sp³-hybridized carbons (Fsp3) is 0.250. The van der Waals surface area contributed by atoms with Crippen LogP contribution in [0.1, 0.15) is 18.6 Å². The smallest absolute Gasteiger partial charge is 0.336 e. The molecule has 1 aromatic rings. The van der Waals surface area contributed by atoms with Gasteiger partial charge in [-0.05, 0) is 19.1 Å². The number of esters is 1. The largest absolute Gasteiger partial charge is 0.463 e. The van der Waals surface area contributed by atoms with Crippen LogP contribution in [0.2, 0.25) is 10.0 Å². The maximum absolute atomic E-state index is 11.4. The molecule has 0 spiro atoms. The van der Waals surface area contributed by atoms with Gasteiger partial charge in [-0.25, -0.2) is 4.79 Å². The van der Waals surface area contributed by atoms with E-state index in [0.29, 0.717) is 10.6 Å². The molecule has 0 aromatic heterocycles. The topological polar surface area (TPSA) is 46.5 Å². The summed E-state index contributed by atoms with van der Waals surface area (Å²) in [4.78, 5) is 11.4. The van der Waals surface area contributed by atoms with Crippen molar-refractivity contribution >= 4 is 29.2 Å². The molecule has 1 atom stereocenters. The molecule has 0 aliphatic heterocycles. The maximum Gasteiger partial charge on any atom is 0.336 e. The molecule has 0 aliphatic rings. The summed E-state index contributed by atoms with van der Waals surface area (Å²) in [5.74, 6) is -0.647. The third-order valence-corrected chi connectivity index (χ3v) is 2.69. The van der Waals surface area contributed by atoms with Crippen LogP contribution >= 0.6 is 23.2 Å². The van der Waals surface area contributed by atoms with E-state index in [4.69, 9.17) is 27.9 Å². The van der Waals surface area contributed by atoms with Crippen molar-refractivity contribution in [2.24, 2.45) is 0 Å². The Morgan fingerprint density at radius 2 is 2.18 bits per heavy atom. The van der Waals surface area contributed by atoms with Gasteiger partial charge in [-0.1, -0.05) is 35.8 Å². The number of carbonyl (C=O) groups excluding carboxylic acids is 1. The van der Waals surface area contributed by atoms with Crippen molar-refractivity contribution in [1.29, 1.82) is 0 Å². The molecule has 1 rings (SSSR count). The summed E-state index contributed by atoms with van der Waals surface area (Å²) in [6, 6.07) is 4.60. The van der Waals surface area contributed by atoms with Crippen LogP contribution in [0.3, 0.4) is 0 Å². The van der Waals surface area contributed by atoms with Crippen LogP contribution in [0, 0.1) is 0 Å². The Kier molecular flexibility index (Phi) is 5.00. The van der Waals surface area contributed by atoms with Crippen molar-refractivity contribution in [3.8, 4) is 0 Å². The third kappa shape index (κ3) is 3.46. The monoisotopic (exact) mass is 274 g/mol. The number of aliphatic hydroxyl groups is 1. The highest BCUT2D eigenvalue weighted by Crippen LogP contribution is 2.30. The normalized spacial score (nSPS) is 12.0. The second-order valence-electron chi connectivity index (χ2n) is 3.31. The van der Waals surface area contributed by atoms with Crippen LogP contribution in [0.25, 0.3) is 0 Å². The van der Waals surface area contributed by atoms with E-state index < -0.39 is 12.1 Å². The molecule has 0 bridgehead atoms. The third-order valence-electron chi connectivity index (χ3n) is 2.12. The number of ether oxygens (including phenoxy) is 1. The zero-order valence-corrected chi connectivity index (χ0v) is 10.8. The minimum atomic E-state index is -1.20. The molecule has 0 amide bonds. The van der Waals surface area contributed by atoms with Gasteiger partial charge in [0.2, 0.25) is 0 Å². The van der Waals surface area contributed by atoms with Crippen molar-refractivity contribution < 1.29 is 14.6 Å². The Balaban J connectivity index is 2.92. The quantitative estimate of drug-likeness (QED) is 0.678. The van der Waals surface area contributed by atoms with E-state index in [2.05, 4.69) is 6.58 Å². The van der Waals surface area contributed by atoms with Crippen LogP contribution in [0.4, 0.5) is 0 Å². The molecule has 0 radical (unpaired) electrons. The van der Waals surface area contributed by atoms with Gasteiger partial charge < -0.3 is 9.84 Å². The van der Waals surface area contributed by atoms with E-state index in [1.54, 1.807) is 19.1 Å². The van der Waals surface area contributed by atoms with Crippen molar-refractivity contribution in [2.45, 2.75) is 13.0 Å². The summed E-state index contributed by atoms with van der Waals surface area (Å²) in [5.41, 5.74) is 0.310. The van der Waals surface area contributed by atoms with Gasteiger partial charge in [0, 0.05) is 15.6 Å². The highest BCUT2D eigenvalue weighted by atomic mass is 35.5. The lowest BCUT2D eigenvalue weighted by Gasteiger charge is -2.14. The van der Waals surface area contributed by atoms with E-state index >= 15 is 0 Å². The second-order valence-corrected chi connectivity index (χ2v) is 4.16. The number of carbonyl (C=O) groups is 1. The van der Waals surface area contributed by atoms with Gasteiger partial charge in [-0.2, -0.15) is 0 Å². The second kappa shape index (κ2) is 6.05. The predicted octanol–water partition coefficient (Wildman–Crippen LogP) is 3.15. The molecule has 0 saturated heterocycles. The Hall–Kier alpha value is -1.03. The van der Waals surface area contributed by atoms with Gasteiger partial charge in [0.1, 0.15) is 6.10 Å². The Morgan fingerprint density at radius 3 is 2.71 bits per heavy atom. The van der Waals surface area contributed by atoms with Crippen LogP contribution in [0.15, 0.2) is 30.4 Å². The van der Waals surface area contributed by atoms with Gasteiger partial charge in [0.15, 0.2) is 0 Å². The van der Waals surface area contributed by atoms with Gasteiger partial charge >= 0.3 is 5.97 Å². The minimum absolute atomic E-state index is 0.0592. The molecule has 92 valence electrons. The van der Waals surface area contributed by atoms with E-state index in [-0.39, 0.29) is 17.2 Å². The van der Waals surface area contributed by atoms with E-state index in [9.17, 15) is 9.90 Å². The molecule has 17 heavy (non-hydrogen) atoms. The molecule has 1 N–H and O–H groups in total. The summed E-state index contributed by atoms with van der Waals surface area (Å²) in [6.07, 6.45) is -1.20. The SMILES string of the molecule is C=C(C(=O)OCC)[C@@H](O)c1ccc(Cl)cc1Cl. The van der Waals surface area contributed by atoms with Gasteiger partial charge in [0.05, 0.1) is 12.2 Å². The van der Waals surface area contributed by atoms with E-state index in [1.165, 1.54) is 6.07 Å². The van der Waals surface area contributed by atoms with Crippen LogP contribution in [0.5, 0.6) is 0 Å². The minimum Gasteiger partial charge on any atom is -0.463 e. The Bertz CT molecular complexity index is 443. The lowest BCUT2D eigenvalue weighted by molar-refractivity contribution is -0.139. The summed E-state index contributed by atoms with van der Waals surface area (Å²) < 4.78 is 4.74. The number of hydrogen-bond donors (Lipinski definition) is 1. The highest BCUT2D eigenvalue weighted by molar-refractivity contribution is 6.35. The summed E-state index contributed by atoms with van der Waals surface area (Å²) in [6.45, 7) is 5.39. The molecule has 0 unspecified atom stereocenters. The van der Waals surface area contributed by atoms with Crippen molar-refractivity contribution in [1.82, 2.24) is 0 Å². The lowest BCUT2D eigenvalue weighted by atomic mass is 10.0. The molecule has 0 heterocycles. The molecule has 1 aromatic carbocycles. The number of benzene rings is 1. The number of halogens is 2. The first-order valence-electron chi connectivity index (χ1n) is 4.96. The number of hydrogen-bond acceptors (Lipinski definition) is 3. The Morgan fingerprint density at radius 1 is 1.53 bits per heavy atom. The first-order chi connectivity index (χ1) is 7.97. The first kappa shape index (κ1) is 14.0. The molecule has 0 saturated carbocycles. The van der Waals surface area contributed by atoms with Crippen molar-refractivity contribution in [3.05, 3.63) is 46.0 Å². The number of aliphatic hydroxyl groups excluding tert-OH is 1. The fourth-order valence-electron chi connectivity index (χ4n) is 1.25. The lowest BCUT2D eigenvalue weighted by Crippen LogP contribution is -2.14. The summed E-state index contributed by atoms with van der Waals surface area (Å²) >= 11 is 11.6. The van der Waals surface area contributed by atoms with Crippen LogP contribution in [-0.4, -0.2) is 17.7 Å². The van der Waals surface area contributed by atoms with E-state index in [0.717, 1.165) is 0 Å². The maximum atomic E-state index is 11.4. The van der Waals surface area contributed by atoms with Gasteiger partial charge in [-0.3, -0.25) is 0 Å². The molecular weight excluding hydrogens is 263 g/mol. The van der Waals surface area contributed by atoms with Crippen LogP contribution in [-0.2, 0) is 9.53 Å². The first-order valence-corrected chi connectivity index (χ1v) is 5.72. The molecule has 3 nitrogen and oxygen atoms in total. The molecular formula is C12H12Cl2O3. The number of rotatable bonds is 4. The standard InChI is InChI=1S/C12H12Cl2O3/c1-3-17-12(16)7(2)11(15)9-5-4-8(13)6-10(9)14/h4-6,11,15H,2-3H2,1H3/t11-/m1/s1. The van der Waals surface area contributed by atoms with Gasteiger partial charge in [-0.15, -0.1) is 0 Å². The van der Waals surface area contributed by atoms with Crippen LogP contribution < -0.4 is 0 Å². The average molecular weight is 275 g/mol. The molecule has 0 aliphatic carbocycles. The summed E-state index contributed by atoms with van der Waals surface area (Å²) in [7, 11) is 0.